The van der Waals surface area contributed by atoms with Crippen molar-refractivity contribution in [3.05, 3.63) is 0 Å². The summed E-state index contributed by atoms with van der Waals surface area (Å²) >= 11 is 0. The van der Waals surface area contributed by atoms with Gasteiger partial charge in [0.25, 0.3) is 0 Å². The van der Waals surface area contributed by atoms with Gasteiger partial charge >= 0.3 is 0 Å². The van der Waals surface area contributed by atoms with Gasteiger partial charge in [0.2, 0.25) is 0 Å². The zero-order valence-electron chi connectivity index (χ0n) is 12.7. The molecular formula is C17H30O. The molecule has 3 aliphatic rings. The third-order valence-corrected chi connectivity index (χ3v) is 6.81. The average molecular weight is 250 g/mol. The van der Waals surface area contributed by atoms with Crippen LogP contribution in [0, 0.1) is 29.1 Å². The van der Waals surface area contributed by atoms with E-state index in [-0.39, 0.29) is 5.60 Å². The molecule has 2 saturated carbocycles. The number of ether oxygens (including phenoxy) is 1. The molecule has 1 saturated heterocycles. The van der Waals surface area contributed by atoms with Crippen LogP contribution in [0.2, 0.25) is 0 Å². The highest BCUT2D eigenvalue weighted by Gasteiger charge is 2.57. The Labute approximate surface area is 113 Å². The molecule has 0 aromatic rings. The van der Waals surface area contributed by atoms with Gasteiger partial charge in [0.15, 0.2) is 0 Å². The lowest BCUT2D eigenvalue weighted by Gasteiger charge is -2.56. The van der Waals surface area contributed by atoms with Crippen LogP contribution in [0.5, 0.6) is 0 Å². The molecule has 18 heavy (non-hydrogen) atoms. The first-order valence-electron chi connectivity index (χ1n) is 8.14. The Kier molecular flexibility index (Phi) is 3.05. The lowest BCUT2D eigenvalue weighted by atomic mass is 9.49. The van der Waals surface area contributed by atoms with Crippen LogP contribution in [-0.2, 0) is 4.74 Å². The molecule has 5 atom stereocenters. The molecule has 0 spiro atoms. The molecule has 1 nitrogen and oxygen atoms in total. The third-order valence-electron chi connectivity index (χ3n) is 6.81. The lowest BCUT2D eigenvalue weighted by molar-refractivity contribution is -0.127. The summed E-state index contributed by atoms with van der Waals surface area (Å²) in [6, 6.07) is 0. The number of rotatable bonds is 1. The Bertz CT molecular complexity index is 322. The molecule has 0 N–H and O–H groups in total. The van der Waals surface area contributed by atoms with Crippen molar-refractivity contribution >= 4 is 0 Å². The summed E-state index contributed by atoms with van der Waals surface area (Å²) in [5.41, 5.74) is 0.836. The van der Waals surface area contributed by atoms with Crippen LogP contribution in [0.15, 0.2) is 0 Å². The molecule has 0 bridgehead atoms. The Morgan fingerprint density at radius 3 is 2.56 bits per heavy atom. The van der Waals surface area contributed by atoms with Gasteiger partial charge in [0, 0.05) is 6.61 Å². The zero-order chi connectivity index (χ0) is 13.0. The van der Waals surface area contributed by atoms with Gasteiger partial charge in [-0.25, -0.2) is 0 Å². The van der Waals surface area contributed by atoms with Gasteiger partial charge in [-0.05, 0) is 67.6 Å². The van der Waals surface area contributed by atoms with E-state index in [1.807, 2.05) is 0 Å². The van der Waals surface area contributed by atoms with Crippen molar-refractivity contribution in [2.45, 2.75) is 71.8 Å². The van der Waals surface area contributed by atoms with E-state index in [0.717, 1.165) is 30.3 Å². The summed E-state index contributed by atoms with van der Waals surface area (Å²) in [6.45, 7) is 10.9. The van der Waals surface area contributed by atoms with Gasteiger partial charge in [-0.3, -0.25) is 0 Å². The fraction of sp³-hybridized carbons (Fsp3) is 1.00. The fourth-order valence-corrected chi connectivity index (χ4v) is 5.66. The number of hydrogen-bond acceptors (Lipinski definition) is 1. The minimum absolute atomic E-state index is 0.267. The Morgan fingerprint density at radius 1 is 1.06 bits per heavy atom. The van der Waals surface area contributed by atoms with Crippen LogP contribution < -0.4 is 0 Å². The average Bonchev–Trinajstić information content (AvgIpc) is 2.78. The monoisotopic (exact) mass is 250 g/mol. The fourth-order valence-electron chi connectivity index (χ4n) is 5.66. The van der Waals surface area contributed by atoms with Crippen LogP contribution in [0.3, 0.4) is 0 Å². The van der Waals surface area contributed by atoms with E-state index in [9.17, 15) is 0 Å². The van der Waals surface area contributed by atoms with Gasteiger partial charge < -0.3 is 4.74 Å². The summed E-state index contributed by atoms with van der Waals surface area (Å²) < 4.78 is 6.26. The minimum atomic E-state index is 0.267. The molecule has 0 amide bonds. The molecule has 1 aliphatic heterocycles. The van der Waals surface area contributed by atoms with Crippen molar-refractivity contribution < 1.29 is 4.74 Å². The second kappa shape index (κ2) is 4.23. The lowest BCUT2D eigenvalue weighted by Crippen LogP contribution is -2.53. The van der Waals surface area contributed by atoms with Crippen molar-refractivity contribution in [1.82, 2.24) is 0 Å². The van der Waals surface area contributed by atoms with Gasteiger partial charge in [0.05, 0.1) is 5.60 Å². The molecule has 4 unspecified atom stereocenters. The first-order chi connectivity index (χ1) is 8.50. The summed E-state index contributed by atoms with van der Waals surface area (Å²) in [4.78, 5) is 0. The highest BCUT2D eigenvalue weighted by molar-refractivity contribution is 5.06. The maximum absolute atomic E-state index is 6.26. The van der Waals surface area contributed by atoms with Gasteiger partial charge in [-0.1, -0.05) is 27.7 Å². The predicted octanol–water partition coefficient (Wildman–Crippen LogP) is 4.65. The zero-order valence-corrected chi connectivity index (χ0v) is 12.7. The maximum atomic E-state index is 6.26. The van der Waals surface area contributed by atoms with E-state index in [2.05, 4.69) is 27.7 Å². The van der Waals surface area contributed by atoms with Crippen LogP contribution in [-0.4, -0.2) is 12.2 Å². The van der Waals surface area contributed by atoms with Crippen LogP contribution >= 0.6 is 0 Å². The van der Waals surface area contributed by atoms with Gasteiger partial charge in [-0.15, -0.1) is 0 Å². The third kappa shape index (κ3) is 1.69. The van der Waals surface area contributed by atoms with Crippen molar-refractivity contribution in [3.63, 3.8) is 0 Å². The Balaban J connectivity index is 1.93. The summed E-state index contributed by atoms with van der Waals surface area (Å²) in [5, 5.41) is 0. The van der Waals surface area contributed by atoms with E-state index >= 15 is 0 Å². The Hall–Kier alpha value is -0.0400. The van der Waals surface area contributed by atoms with Crippen molar-refractivity contribution in [2.75, 3.05) is 6.61 Å². The van der Waals surface area contributed by atoms with E-state index in [1.54, 1.807) is 0 Å². The van der Waals surface area contributed by atoms with Gasteiger partial charge in [-0.2, -0.15) is 0 Å². The first kappa shape index (κ1) is 13.0. The molecule has 3 rings (SSSR count). The largest absolute Gasteiger partial charge is 0.375 e. The molecule has 0 aromatic heterocycles. The second-order valence-corrected chi connectivity index (χ2v) is 7.89. The minimum Gasteiger partial charge on any atom is -0.375 e. The molecule has 1 heteroatoms. The summed E-state index contributed by atoms with van der Waals surface area (Å²) in [7, 11) is 0. The van der Waals surface area contributed by atoms with Crippen molar-refractivity contribution in [3.8, 4) is 0 Å². The molecule has 2 aliphatic carbocycles. The molecular weight excluding hydrogens is 220 g/mol. The smallest absolute Gasteiger partial charge is 0.0711 e. The quantitative estimate of drug-likeness (QED) is 0.658. The van der Waals surface area contributed by atoms with E-state index in [1.165, 1.54) is 38.5 Å². The van der Waals surface area contributed by atoms with Crippen molar-refractivity contribution in [2.24, 2.45) is 29.1 Å². The molecule has 3 fully saturated rings. The first-order valence-corrected chi connectivity index (χ1v) is 8.14. The van der Waals surface area contributed by atoms with E-state index in [4.69, 9.17) is 4.74 Å². The van der Waals surface area contributed by atoms with E-state index < -0.39 is 0 Å². The molecule has 0 aromatic carbocycles. The van der Waals surface area contributed by atoms with Crippen LogP contribution in [0.1, 0.15) is 66.2 Å². The van der Waals surface area contributed by atoms with Crippen molar-refractivity contribution in [1.29, 1.82) is 0 Å². The van der Waals surface area contributed by atoms with Crippen LogP contribution in [0.4, 0.5) is 0 Å². The van der Waals surface area contributed by atoms with Crippen LogP contribution in [0.25, 0.3) is 0 Å². The summed E-state index contributed by atoms with van der Waals surface area (Å²) in [5.74, 6) is 3.66. The summed E-state index contributed by atoms with van der Waals surface area (Å²) in [6.07, 6.45) is 8.16. The Morgan fingerprint density at radius 2 is 1.83 bits per heavy atom. The number of fused-ring (bicyclic) bond motifs is 3. The SMILES string of the molecule is CCC12CCC3C(C1CCO2)[C@@H](C)CCC3(C)C. The molecule has 0 radical (unpaired) electrons. The highest BCUT2D eigenvalue weighted by atomic mass is 16.5. The van der Waals surface area contributed by atoms with E-state index in [0.29, 0.717) is 5.41 Å². The second-order valence-electron chi connectivity index (χ2n) is 7.89. The standard InChI is InChI=1S/C17H30O/c1-5-17-10-7-13-15(14(17)8-11-18-17)12(2)6-9-16(13,3)4/h12-15H,5-11H2,1-4H3/t12-,13?,14?,15?,17?/m0/s1. The van der Waals surface area contributed by atoms with Gasteiger partial charge in [0.1, 0.15) is 0 Å². The molecule has 104 valence electrons. The normalized spacial score (nSPS) is 50.7. The maximum Gasteiger partial charge on any atom is 0.0711 e. The molecule has 1 heterocycles. The topological polar surface area (TPSA) is 9.23 Å². The predicted molar refractivity (Wildman–Crippen MR) is 75.5 cm³/mol. The number of hydrogen-bond donors (Lipinski definition) is 0. The highest BCUT2D eigenvalue weighted by Crippen LogP contribution is 2.60.